The highest BCUT2D eigenvalue weighted by Gasteiger charge is 2.06. The van der Waals surface area contributed by atoms with Crippen molar-refractivity contribution in [3.8, 4) is 0 Å². The lowest BCUT2D eigenvalue weighted by Crippen LogP contribution is -2.18. The highest BCUT2D eigenvalue weighted by atomic mass is 35.5. The van der Waals surface area contributed by atoms with E-state index < -0.39 is 5.95 Å². The van der Waals surface area contributed by atoms with Crippen molar-refractivity contribution in [2.75, 3.05) is 0 Å². The average Bonchev–Trinajstić information content (AvgIpc) is 1.96. The first kappa shape index (κ1) is 9.42. The van der Waals surface area contributed by atoms with Crippen LogP contribution in [0, 0.1) is 5.95 Å². The van der Waals surface area contributed by atoms with Crippen LogP contribution in [0.15, 0.2) is 12.3 Å². The zero-order valence-corrected chi connectivity index (χ0v) is 7.48. The van der Waals surface area contributed by atoms with Crippen molar-refractivity contribution in [2.24, 2.45) is 5.73 Å². The van der Waals surface area contributed by atoms with Gasteiger partial charge in [0.25, 0.3) is 0 Å². The molecule has 12 heavy (non-hydrogen) atoms. The van der Waals surface area contributed by atoms with Gasteiger partial charge in [0.15, 0.2) is 0 Å². The first-order chi connectivity index (χ1) is 5.59. The normalized spacial score (nSPS) is 13.0. The van der Waals surface area contributed by atoms with Crippen LogP contribution in [0.1, 0.15) is 12.5 Å². The molecule has 2 N–H and O–H groups in total. The third-order valence-corrected chi connectivity index (χ3v) is 1.63. The lowest BCUT2D eigenvalue weighted by Gasteiger charge is -2.05. The molecule has 1 aromatic heterocycles. The van der Waals surface area contributed by atoms with Crippen LogP contribution in [-0.4, -0.2) is 11.0 Å². The molecule has 0 bridgehead atoms. The Morgan fingerprint density at radius 2 is 2.42 bits per heavy atom. The molecule has 0 unspecified atom stereocenters. The summed E-state index contributed by atoms with van der Waals surface area (Å²) in [6.07, 6.45) is 1.74. The minimum atomic E-state index is -0.489. The summed E-state index contributed by atoms with van der Waals surface area (Å²) < 4.78 is 12.9. The topological polar surface area (TPSA) is 38.9 Å². The molecule has 66 valence electrons. The molecule has 0 aliphatic heterocycles. The molecule has 4 heteroatoms. The fraction of sp³-hybridized carbons (Fsp3) is 0.375. The van der Waals surface area contributed by atoms with E-state index >= 15 is 0 Å². The fourth-order valence-corrected chi connectivity index (χ4v) is 1.14. The van der Waals surface area contributed by atoms with Gasteiger partial charge in [-0.2, -0.15) is 4.39 Å². The summed E-state index contributed by atoms with van der Waals surface area (Å²) in [7, 11) is 0. The third-order valence-electron chi connectivity index (χ3n) is 1.42. The number of hydrogen-bond donors (Lipinski definition) is 1. The molecule has 1 aromatic rings. The Morgan fingerprint density at radius 3 is 3.00 bits per heavy atom. The van der Waals surface area contributed by atoms with E-state index in [9.17, 15) is 4.39 Å². The lowest BCUT2D eigenvalue weighted by atomic mass is 10.1. The minimum absolute atomic E-state index is 0.0835. The van der Waals surface area contributed by atoms with Crippen molar-refractivity contribution in [2.45, 2.75) is 19.4 Å². The largest absolute Gasteiger partial charge is 0.328 e. The first-order valence-corrected chi connectivity index (χ1v) is 4.03. The van der Waals surface area contributed by atoms with Crippen LogP contribution in [0.3, 0.4) is 0 Å². The molecule has 0 aliphatic rings. The summed E-state index contributed by atoms with van der Waals surface area (Å²) in [6, 6.07) is 1.47. The molecule has 2 nitrogen and oxygen atoms in total. The fourth-order valence-electron chi connectivity index (χ4n) is 0.955. The van der Waals surface area contributed by atoms with Gasteiger partial charge in [0.2, 0.25) is 5.95 Å². The maximum atomic E-state index is 12.9. The summed E-state index contributed by atoms with van der Waals surface area (Å²) in [5, 5.41) is 0.437. The van der Waals surface area contributed by atoms with Crippen molar-refractivity contribution < 1.29 is 4.39 Å². The van der Waals surface area contributed by atoms with Gasteiger partial charge >= 0.3 is 0 Å². The van der Waals surface area contributed by atoms with E-state index in [1.165, 1.54) is 6.20 Å². The van der Waals surface area contributed by atoms with E-state index in [2.05, 4.69) is 4.98 Å². The lowest BCUT2D eigenvalue weighted by molar-refractivity contribution is 0.556. The van der Waals surface area contributed by atoms with E-state index in [0.29, 0.717) is 17.0 Å². The van der Waals surface area contributed by atoms with Crippen LogP contribution >= 0.6 is 11.6 Å². The van der Waals surface area contributed by atoms with E-state index in [1.54, 1.807) is 13.0 Å². The van der Waals surface area contributed by atoms with Crippen LogP contribution in [0.4, 0.5) is 4.39 Å². The quantitative estimate of drug-likeness (QED) is 0.719. The second-order valence-corrected chi connectivity index (χ2v) is 3.22. The predicted octanol–water partition coefficient (Wildman–Crippen LogP) is 1.76. The van der Waals surface area contributed by atoms with Gasteiger partial charge in [-0.05, 0) is 19.4 Å². The van der Waals surface area contributed by atoms with Crippen molar-refractivity contribution in [1.29, 1.82) is 0 Å². The summed E-state index contributed by atoms with van der Waals surface area (Å²) in [4.78, 5) is 3.48. The summed E-state index contributed by atoms with van der Waals surface area (Å²) in [5.74, 6) is -0.489. The van der Waals surface area contributed by atoms with Gasteiger partial charge in [-0.3, -0.25) is 0 Å². The number of nitrogens with two attached hydrogens (primary N) is 1. The summed E-state index contributed by atoms with van der Waals surface area (Å²) in [5.41, 5.74) is 5.98. The Balaban J connectivity index is 2.90. The van der Waals surface area contributed by atoms with Crippen molar-refractivity contribution in [3.63, 3.8) is 0 Å². The predicted molar refractivity (Wildman–Crippen MR) is 46.6 cm³/mol. The molecule has 0 aliphatic carbocycles. The third kappa shape index (κ3) is 2.43. The Kier molecular flexibility index (Phi) is 3.00. The van der Waals surface area contributed by atoms with Gasteiger partial charge in [-0.25, -0.2) is 4.98 Å². The van der Waals surface area contributed by atoms with Gasteiger partial charge in [0.1, 0.15) is 0 Å². The van der Waals surface area contributed by atoms with Crippen LogP contribution in [-0.2, 0) is 6.42 Å². The number of halogens is 2. The molecule has 0 saturated carbocycles. The number of pyridine rings is 1. The van der Waals surface area contributed by atoms with Gasteiger partial charge < -0.3 is 5.73 Å². The van der Waals surface area contributed by atoms with E-state index in [-0.39, 0.29) is 6.04 Å². The van der Waals surface area contributed by atoms with Crippen molar-refractivity contribution in [3.05, 3.63) is 28.8 Å². The van der Waals surface area contributed by atoms with Crippen LogP contribution in [0.25, 0.3) is 0 Å². The molecule has 0 fully saturated rings. The van der Waals surface area contributed by atoms with Crippen LogP contribution in [0.5, 0.6) is 0 Å². The molecular weight excluding hydrogens is 179 g/mol. The van der Waals surface area contributed by atoms with Gasteiger partial charge in [0.05, 0.1) is 5.02 Å². The van der Waals surface area contributed by atoms with Gasteiger partial charge in [-0.15, -0.1) is 0 Å². The zero-order chi connectivity index (χ0) is 9.14. The summed E-state index contributed by atoms with van der Waals surface area (Å²) in [6.45, 7) is 1.81. The average molecular weight is 189 g/mol. The first-order valence-electron chi connectivity index (χ1n) is 3.65. The Morgan fingerprint density at radius 1 is 1.75 bits per heavy atom. The number of aromatic nitrogens is 1. The summed E-state index contributed by atoms with van der Waals surface area (Å²) >= 11 is 5.63. The Hall–Kier alpha value is -0.670. The SMILES string of the molecule is C[C@H](N)Cc1cc(Cl)cnc1F. The minimum Gasteiger partial charge on any atom is -0.328 e. The highest BCUT2D eigenvalue weighted by Crippen LogP contribution is 2.13. The molecule has 1 rings (SSSR count). The molecule has 0 radical (unpaired) electrons. The molecule has 0 saturated heterocycles. The molecule has 0 spiro atoms. The number of nitrogens with zero attached hydrogens (tertiary/aromatic N) is 1. The van der Waals surface area contributed by atoms with E-state index in [1.807, 2.05) is 0 Å². The van der Waals surface area contributed by atoms with Gasteiger partial charge in [-0.1, -0.05) is 11.6 Å². The van der Waals surface area contributed by atoms with E-state index in [0.717, 1.165) is 0 Å². The number of rotatable bonds is 2. The van der Waals surface area contributed by atoms with Gasteiger partial charge in [0, 0.05) is 17.8 Å². The van der Waals surface area contributed by atoms with Crippen LogP contribution < -0.4 is 5.73 Å². The second kappa shape index (κ2) is 3.83. The molecule has 1 atom stereocenters. The monoisotopic (exact) mass is 188 g/mol. The maximum Gasteiger partial charge on any atom is 0.216 e. The molecule has 0 aromatic carbocycles. The smallest absolute Gasteiger partial charge is 0.216 e. The zero-order valence-electron chi connectivity index (χ0n) is 6.72. The Bertz CT molecular complexity index is 276. The molecular formula is C8H10ClFN2. The maximum absolute atomic E-state index is 12.9. The molecule has 0 amide bonds. The highest BCUT2D eigenvalue weighted by molar-refractivity contribution is 6.30. The van der Waals surface area contributed by atoms with Crippen LogP contribution in [0.2, 0.25) is 5.02 Å². The molecule has 1 heterocycles. The number of hydrogen-bond acceptors (Lipinski definition) is 2. The van der Waals surface area contributed by atoms with Crippen molar-refractivity contribution in [1.82, 2.24) is 4.98 Å². The second-order valence-electron chi connectivity index (χ2n) is 2.78. The van der Waals surface area contributed by atoms with Crippen molar-refractivity contribution >= 4 is 11.6 Å². The standard InChI is InChI=1S/C8H10ClFN2/c1-5(11)2-6-3-7(9)4-12-8(6)10/h3-5H,2,11H2,1H3/t5-/m0/s1. The Labute approximate surface area is 75.6 Å². The van der Waals surface area contributed by atoms with E-state index in [4.69, 9.17) is 17.3 Å².